The largest absolute Gasteiger partial charge is 0.310 e. The number of hydrogen-bond acceptors (Lipinski definition) is 6. The molecule has 0 saturated carbocycles. The quantitative estimate of drug-likeness (QED) is 0.371. The van der Waals surface area contributed by atoms with E-state index in [0.717, 1.165) is 4.70 Å². The second kappa shape index (κ2) is 9.51. The Morgan fingerprint density at radius 3 is 2.69 bits per heavy atom. The van der Waals surface area contributed by atoms with Gasteiger partial charge in [-0.15, -0.1) is 0 Å². The highest BCUT2D eigenvalue weighted by Crippen LogP contribution is 2.32. The van der Waals surface area contributed by atoms with Crippen LogP contribution in [0, 0.1) is 12.8 Å². The highest BCUT2D eigenvalue weighted by molar-refractivity contribution is 7.89. The molecule has 3 heterocycles. The minimum Gasteiger partial charge on any atom is -0.310 e. The van der Waals surface area contributed by atoms with Crippen LogP contribution in [0.2, 0.25) is 10.0 Å². The van der Waals surface area contributed by atoms with Crippen LogP contribution in [-0.4, -0.2) is 46.5 Å². The Labute approximate surface area is 216 Å². The molecule has 1 saturated heterocycles. The first-order valence-electron chi connectivity index (χ1n) is 10.9. The zero-order valence-corrected chi connectivity index (χ0v) is 21.8. The van der Waals surface area contributed by atoms with Crippen LogP contribution in [0.3, 0.4) is 0 Å². The number of piperidine rings is 1. The summed E-state index contributed by atoms with van der Waals surface area (Å²) < 4.78 is 30.1. The molecule has 1 aliphatic rings. The summed E-state index contributed by atoms with van der Waals surface area (Å²) in [5.41, 5.74) is 1.39. The molecule has 1 amide bonds. The van der Waals surface area contributed by atoms with Gasteiger partial charge in [0.05, 0.1) is 26.2 Å². The summed E-state index contributed by atoms with van der Waals surface area (Å²) in [5.74, 6) is -0.291. The zero-order valence-electron chi connectivity index (χ0n) is 18.6. The minimum absolute atomic E-state index is 0.0979. The van der Waals surface area contributed by atoms with E-state index in [1.54, 1.807) is 28.9 Å². The van der Waals surface area contributed by atoms with Gasteiger partial charge in [-0.3, -0.25) is 4.79 Å². The number of nitrogens with one attached hydrogen (secondary N) is 1. The normalized spacial score (nSPS) is 17.1. The molecule has 35 heavy (non-hydrogen) atoms. The average Bonchev–Trinajstić information content (AvgIpc) is 3.43. The van der Waals surface area contributed by atoms with Crippen molar-refractivity contribution >= 4 is 66.5 Å². The van der Waals surface area contributed by atoms with E-state index in [0.29, 0.717) is 51.6 Å². The number of nitrogens with zero attached hydrogens (tertiary/aromatic N) is 4. The lowest BCUT2D eigenvalue weighted by Crippen LogP contribution is -2.43. The molecule has 2 aromatic heterocycles. The Bertz CT molecular complexity index is 1520. The Kier molecular flexibility index (Phi) is 6.58. The van der Waals surface area contributed by atoms with Gasteiger partial charge in [0.1, 0.15) is 11.3 Å². The molecule has 5 rings (SSSR count). The number of thiazole rings is 1. The maximum absolute atomic E-state index is 13.2. The maximum atomic E-state index is 13.2. The number of aryl methyl sites for hydroxylation is 1. The van der Waals surface area contributed by atoms with E-state index in [-0.39, 0.29) is 17.3 Å². The number of amides is 1. The van der Waals surface area contributed by atoms with E-state index in [2.05, 4.69) is 15.4 Å². The summed E-state index contributed by atoms with van der Waals surface area (Å²) in [7, 11) is -3.73. The van der Waals surface area contributed by atoms with Crippen molar-refractivity contribution in [1.82, 2.24) is 19.1 Å². The van der Waals surface area contributed by atoms with Crippen LogP contribution in [0.15, 0.2) is 53.4 Å². The summed E-state index contributed by atoms with van der Waals surface area (Å²) in [6.07, 6.45) is 1.17. The van der Waals surface area contributed by atoms with Crippen molar-refractivity contribution in [2.75, 3.05) is 18.4 Å². The number of halogens is 2. The van der Waals surface area contributed by atoms with Crippen LogP contribution >= 0.6 is 34.5 Å². The number of benzene rings is 2. The topological polar surface area (TPSA) is 97.2 Å². The molecule has 182 valence electrons. The van der Waals surface area contributed by atoms with Crippen LogP contribution in [0.4, 0.5) is 5.82 Å². The first kappa shape index (κ1) is 24.2. The minimum atomic E-state index is -3.73. The fourth-order valence-electron chi connectivity index (χ4n) is 4.09. The number of para-hydroxylation sites is 1. The SMILES string of the molecule is Cc1cc(NC(=O)C2CCCN(S(=O)(=O)c3ccc(Cl)cc3)C2)n(-c2nc3c(Cl)cccc3s2)n1. The van der Waals surface area contributed by atoms with Crippen molar-refractivity contribution in [3.63, 3.8) is 0 Å². The van der Waals surface area contributed by atoms with Gasteiger partial charge in [-0.2, -0.15) is 14.1 Å². The number of sulfonamides is 1. The van der Waals surface area contributed by atoms with E-state index in [9.17, 15) is 13.2 Å². The summed E-state index contributed by atoms with van der Waals surface area (Å²) in [5, 5.41) is 9.01. The molecule has 1 aliphatic heterocycles. The third-order valence-electron chi connectivity index (χ3n) is 5.83. The molecule has 2 aromatic carbocycles. The Hall–Kier alpha value is -2.50. The number of carbonyl (C=O) groups excluding carboxylic acids is 1. The summed E-state index contributed by atoms with van der Waals surface area (Å²) in [4.78, 5) is 18.0. The first-order chi connectivity index (χ1) is 16.7. The molecule has 4 aromatic rings. The molecular formula is C23H21Cl2N5O3S2. The van der Waals surface area contributed by atoms with Crippen molar-refractivity contribution in [1.29, 1.82) is 0 Å². The van der Waals surface area contributed by atoms with Crippen molar-refractivity contribution in [2.24, 2.45) is 5.92 Å². The molecular weight excluding hydrogens is 529 g/mol. The number of hydrogen-bond donors (Lipinski definition) is 1. The van der Waals surface area contributed by atoms with Gasteiger partial charge in [0.25, 0.3) is 0 Å². The summed E-state index contributed by atoms with van der Waals surface area (Å²) in [6, 6.07) is 13.4. The fourth-order valence-corrected chi connectivity index (χ4v) is 6.97. The Morgan fingerprint density at radius 1 is 1.17 bits per heavy atom. The Morgan fingerprint density at radius 2 is 1.94 bits per heavy atom. The molecule has 1 fully saturated rings. The monoisotopic (exact) mass is 549 g/mol. The van der Waals surface area contributed by atoms with E-state index < -0.39 is 15.9 Å². The molecule has 0 radical (unpaired) electrons. The smallest absolute Gasteiger partial charge is 0.243 e. The molecule has 0 spiro atoms. The zero-order chi connectivity index (χ0) is 24.7. The third kappa shape index (κ3) is 4.81. The fraction of sp³-hybridized carbons (Fsp3) is 0.261. The molecule has 1 N–H and O–H groups in total. The van der Waals surface area contributed by atoms with Crippen molar-refractivity contribution in [3.05, 3.63) is 64.3 Å². The van der Waals surface area contributed by atoms with E-state index in [4.69, 9.17) is 23.2 Å². The molecule has 0 aliphatic carbocycles. The predicted octanol–water partition coefficient (Wildman–Crippen LogP) is 5.14. The highest BCUT2D eigenvalue weighted by Gasteiger charge is 2.33. The Balaban J connectivity index is 1.36. The standard InChI is InChI=1S/C23H21Cl2N5O3S2/c1-14-12-20(30(28-14)23-27-21-18(25)5-2-6-19(21)34-23)26-22(31)15-4-3-11-29(13-15)35(32,33)17-9-7-16(24)8-10-17/h2,5-10,12,15H,3-4,11,13H2,1H3,(H,26,31). The van der Waals surface area contributed by atoms with Crippen LogP contribution in [-0.2, 0) is 14.8 Å². The van der Waals surface area contributed by atoms with Crippen molar-refractivity contribution in [3.8, 4) is 5.13 Å². The maximum Gasteiger partial charge on any atom is 0.243 e. The molecule has 1 atom stereocenters. The second-order valence-corrected chi connectivity index (χ2v) is 12.1. The molecule has 1 unspecified atom stereocenters. The van der Waals surface area contributed by atoms with Gasteiger partial charge in [-0.05, 0) is 56.2 Å². The van der Waals surface area contributed by atoms with Crippen LogP contribution in [0.25, 0.3) is 15.3 Å². The number of anilines is 1. The van der Waals surface area contributed by atoms with Gasteiger partial charge >= 0.3 is 0 Å². The second-order valence-electron chi connectivity index (χ2n) is 8.31. The predicted molar refractivity (Wildman–Crippen MR) is 138 cm³/mol. The van der Waals surface area contributed by atoms with Gasteiger partial charge in [-0.1, -0.05) is 40.6 Å². The van der Waals surface area contributed by atoms with Gasteiger partial charge in [0.15, 0.2) is 0 Å². The lowest BCUT2D eigenvalue weighted by Gasteiger charge is -2.31. The van der Waals surface area contributed by atoms with Gasteiger partial charge in [0.2, 0.25) is 21.1 Å². The average molecular weight is 550 g/mol. The third-order valence-corrected chi connectivity index (χ3v) is 9.26. The highest BCUT2D eigenvalue weighted by atomic mass is 35.5. The lowest BCUT2D eigenvalue weighted by atomic mass is 9.99. The van der Waals surface area contributed by atoms with E-state index in [1.807, 2.05) is 19.1 Å². The lowest BCUT2D eigenvalue weighted by molar-refractivity contribution is -0.120. The van der Waals surface area contributed by atoms with Gasteiger partial charge in [0, 0.05) is 24.2 Å². The number of carbonyl (C=O) groups is 1. The molecule has 0 bridgehead atoms. The van der Waals surface area contributed by atoms with Crippen LogP contribution in [0.5, 0.6) is 0 Å². The van der Waals surface area contributed by atoms with Gasteiger partial charge < -0.3 is 5.32 Å². The van der Waals surface area contributed by atoms with Crippen molar-refractivity contribution in [2.45, 2.75) is 24.7 Å². The van der Waals surface area contributed by atoms with E-state index in [1.165, 1.54) is 27.8 Å². The number of fused-ring (bicyclic) bond motifs is 1. The number of aromatic nitrogens is 3. The molecule has 12 heteroatoms. The molecule has 8 nitrogen and oxygen atoms in total. The van der Waals surface area contributed by atoms with Crippen LogP contribution in [0.1, 0.15) is 18.5 Å². The van der Waals surface area contributed by atoms with Crippen molar-refractivity contribution < 1.29 is 13.2 Å². The summed E-state index contributed by atoms with van der Waals surface area (Å²) >= 11 is 13.6. The summed E-state index contributed by atoms with van der Waals surface area (Å²) in [6.45, 7) is 2.28. The van der Waals surface area contributed by atoms with Crippen LogP contribution < -0.4 is 5.32 Å². The van der Waals surface area contributed by atoms with E-state index >= 15 is 0 Å². The van der Waals surface area contributed by atoms with Gasteiger partial charge in [-0.25, -0.2) is 13.4 Å². The first-order valence-corrected chi connectivity index (χ1v) is 13.9. The number of rotatable bonds is 5.